The van der Waals surface area contributed by atoms with Crippen LogP contribution in [0.1, 0.15) is 31.4 Å². The summed E-state index contributed by atoms with van der Waals surface area (Å²) in [4.78, 5) is 33.2. The number of carbonyl (C=O) groups excluding carboxylic acids is 2. The number of nitriles is 1. The third-order valence-corrected chi connectivity index (χ3v) is 5.95. The van der Waals surface area contributed by atoms with Crippen LogP contribution < -0.4 is 10.6 Å². The van der Waals surface area contributed by atoms with E-state index in [0.29, 0.717) is 16.9 Å². The molecule has 3 aromatic rings. The van der Waals surface area contributed by atoms with E-state index in [1.807, 2.05) is 6.07 Å². The first-order valence-electron chi connectivity index (χ1n) is 10.6. The highest BCUT2D eigenvalue weighted by molar-refractivity contribution is 6.30. The lowest BCUT2D eigenvalue weighted by Crippen LogP contribution is -2.48. The van der Waals surface area contributed by atoms with Gasteiger partial charge in [0, 0.05) is 31.6 Å². The minimum Gasteiger partial charge on any atom is -0.441 e. The fourth-order valence-electron chi connectivity index (χ4n) is 3.65. The largest absolute Gasteiger partial charge is 0.441 e. The van der Waals surface area contributed by atoms with Crippen LogP contribution in [0.5, 0.6) is 0 Å². The predicted octanol–water partition coefficient (Wildman–Crippen LogP) is 2.84. The Hall–Kier alpha value is -4.08. The van der Waals surface area contributed by atoms with Crippen LogP contribution in [0.3, 0.4) is 0 Å². The number of nitrogens with zero attached hydrogens (tertiary/aromatic N) is 6. The number of hydrogen-bond acceptors (Lipinski definition) is 9. The van der Waals surface area contributed by atoms with E-state index in [1.165, 1.54) is 17.1 Å². The number of aryl methyl sites for hydroxylation is 1. The lowest BCUT2D eigenvalue weighted by molar-refractivity contribution is -0.132. The second-order valence-corrected chi connectivity index (χ2v) is 8.47. The minimum atomic E-state index is -1.24. The van der Waals surface area contributed by atoms with E-state index in [9.17, 15) is 20.0 Å². The molecule has 2 amide bonds. The fraction of sp³-hybridized carbons (Fsp3) is 0.318. The van der Waals surface area contributed by atoms with Crippen LogP contribution in [0.25, 0.3) is 11.4 Å². The molecule has 0 aliphatic heterocycles. The summed E-state index contributed by atoms with van der Waals surface area (Å²) in [5.74, 6) is -0.247. The summed E-state index contributed by atoms with van der Waals surface area (Å²) in [5.41, 5.74) is 0.350. The highest BCUT2D eigenvalue weighted by Gasteiger charge is 2.50. The number of nitrogens with one attached hydrogen (secondary N) is 2. The highest BCUT2D eigenvalue weighted by atomic mass is 35.5. The molecule has 1 fully saturated rings. The van der Waals surface area contributed by atoms with Gasteiger partial charge in [-0.1, -0.05) is 22.9 Å². The Bertz CT molecular complexity index is 1300. The van der Waals surface area contributed by atoms with Gasteiger partial charge in [-0.05, 0) is 25.1 Å². The molecule has 0 bridgehead atoms. The lowest BCUT2D eigenvalue weighted by atomic mass is 9.67. The molecular formula is C22H21ClN8O4. The Kier molecular flexibility index (Phi) is 6.63. The third kappa shape index (κ3) is 4.91. The van der Waals surface area contributed by atoms with Gasteiger partial charge in [-0.15, -0.1) is 5.10 Å². The second kappa shape index (κ2) is 9.65. The van der Waals surface area contributed by atoms with Crippen molar-refractivity contribution in [2.45, 2.75) is 32.0 Å². The van der Waals surface area contributed by atoms with E-state index in [1.54, 1.807) is 38.2 Å². The molecule has 12 nitrogen and oxygen atoms in total. The molecule has 13 heteroatoms. The Morgan fingerprint density at radius 3 is 2.71 bits per heavy atom. The summed E-state index contributed by atoms with van der Waals surface area (Å²) in [5, 5.41) is 32.3. The summed E-state index contributed by atoms with van der Waals surface area (Å²) in [7, 11) is 1.59. The van der Waals surface area contributed by atoms with E-state index in [2.05, 4.69) is 30.9 Å². The zero-order valence-corrected chi connectivity index (χ0v) is 19.5. The van der Waals surface area contributed by atoms with E-state index in [-0.39, 0.29) is 29.5 Å². The van der Waals surface area contributed by atoms with E-state index in [4.69, 9.17) is 16.3 Å². The minimum absolute atomic E-state index is 0.0944. The van der Waals surface area contributed by atoms with Crippen molar-refractivity contribution in [3.05, 3.63) is 47.4 Å². The van der Waals surface area contributed by atoms with Crippen molar-refractivity contribution in [3.8, 4) is 17.5 Å². The summed E-state index contributed by atoms with van der Waals surface area (Å²) in [6.45, 7) is 1.67. The first kappa shape index (κ1) is 24.1. The zero-order chi connectivity index (χ0) is 25.2. The smallest absolute Gasteiger partial charge is 0.413 e. The van der Waals surface area contributed by atoms with Gasteiger partial charge in [-0.2, -0.15) is 5.26 Å². The van der Waals surface area contributed by atoms with Crippen molar-refractivity contribution in [1.82, 2.24) is 25.0 Å². The van der Waals surface area contributed by atoms with E-state index in [0.717, 1.165) is 0 Å². The van der Waals surface area contributed by atoms with Crippen LogP contribution in [-0.4, -0.2) is 48.2 Å². The molecule has 35 heavy (non-hydrogen) atoms. The Labute approximate surface area is 204 Å². The van der Waals surface area contributed by atoms with Gasteiger partial charge in [0.2, 0.25) is 5.91 Å². The monoisotopic (exact) mass is 496 g/mol. The van der Waals surface area contributed by atoms with Gasteiger partial charge >= 0.3 is 6.09 Å². The molecule has 0 saturated heterocycles. The Balaban J connectivity index is 1.44. The van der Waals surface area contributed by atoms with Crippen molar-refractivity contribution in [3.63, 3.8) is 0 Å². The average molecular weight is 497 g/mol. The van der Waals surface area contributed by atoms with Crippen molar-refractivity contribution < 1.29 is 19.4 Å². The molecule has 0 radical (unpaired) electrons. The SMILES string of the molecule is C[C@@H](OC(=O)Nc1c(-c2ccc(NC(=O)C3(C#N)CC(O)C3)cn2)nnn1C)c1cccnc1Cl. The molecule has 180 valence electrons. The van der Waals surface area contributed by atoms with Crippen LogP contribution >= 0.6 is 11.6 Å². The number of aliphatic hydroxyl groups excluding tert-OH is 1. The molecule has 1 saturated carbocycles. The summed E-state index contributed by atoms with van der Waals surface area (Å²) in [6.07, 6.45) is 1.06. The van der Waals surface area contributed by atoms with Gasteiger partial charge in [0.15, 0.2) is 11.5 Å². The number of aromatic nitrogens is 5. The second-order valence-electron chi connectivity index (χ2n) is 8.11. The average Bonchev–Trinajstić information content (AvgIpc) is 3.17. The third-order valence-electron chi connectivity index (χ3n) is 5.64. The molecule has 4 rings (SSSR count). The topological polar surface area (TPSA) is 168 Å². The van der Waals surface area contributed by atoms with Gasteiger partial charge in [0.1, 0.15) is 16.7 Å². The van der Waals surface area contributed by atoms with Gasteiger partial charge in [-0.3, -0.25) is 15.1 Å². The summed E-state index contributed by atoms with van der Waals surface area (Å²) in [6, 6.07) is 8.55. The van der Waals surface area contributed by atoms with Gasteiger partial charge in [0.25, 0.3) is 0 Å². The van der Waals surface area contributed by atoms with E-state index >= 15 is 0 Å². The van der Waals surface area contributed by atoms with E-state index < -0.39 is 29.6 Å². The number of halogens is 1. The Morgan fingerprint density at radius 1 is 1.31 bits per heavy atom. The van der Waals surface area contributed by atoms with Gasteiger partial charge in [-0.25, -0.2) is 14.5 Å². The molecule has 1 aliphatic rings. The number of carbonyl (C=O) groups is 2. The van der Waals surface area contributed by atoms with Crippen LogP contribution in [0.15, 0.2) is 36.7 Å². The van der Waals surface area contributed by atoms with Crippen molar-refractivity contribution in [2.24, 2.45) is 12.5 Å². The van der Waals surface area contributed by atoms with Crippen LogP contribution in [-0.2, 0) is 16.6 Å². The molecule has 3 heterocycles. The Morgan fingerprint density at radius 2 is 2.09 bits per heavy atom. The number of rotatable bonds is 6. The number of aliphatic hydroxyl groups is 1. The number of amides is 2. The molecular weight excluding hydrogens is 476 g/mol. The number of pyridine rings is 2. The first-order valence-corrected chi connectivity index (χ1v) is 10.9. The van der Waals surface area contributed by atoms with Crippen molar-refractivity contribution >= 4 is 35.1 Å². The molecule has 1 atom stereocenters. The first-order chi connectivity index (χ1) is 16.7. The number of ether oxygens (including phenoxy) is 1. The number of hydrogen-bond donors (Lipinski definition) is 3. The normalized spacial score (nSPS) is 19.7. The summed E-state index contributed by atoms with van der Waals surface area (Å²) < 4.78 is 6.77. The van der Waals surface area contributed by atoms with Crippen LogP contribution in [0, 0.1) is 16.7 Å². The van der Waals surface area contributed by atoms with Crippen molar-refractivity contribution in [1.29, 1.82) is 5.26 Å². The fourth-order valence-corrected chi connectivity index (χ4v) is 3.93. The highest BCUT2D eigenvalue weighted by Crippen LogP contribution is 2.41. The number of anilines is 2. The summed E-state index contributed by atoms with van der Waals surface area (Å²) >= 11 is 6.06. The zero-order valence-electron chi connectivity index (χ0n) is 18.8. The molecule has 0 unspecified atom stereocenters. The maximum atomic E-state index is 12.5. The van der Waals surface area contributed by atoms with Crippen molar-refractivity contribution in [2.75, 3.05) is 10.6 Å². The standard InChI is InChI=1S/C22H21ClN8O4/c1-12(15-4-3-7-25-18(15)23)35-21(34)28-19-17(29-30-31(19)2)16-6-5-13(10-26-16)27-20(33)22(11-24)8-14(32)9-22/h3-7,10,12,14,32H,8-9H2,1-2H3,(H,27,33)(H,28,34)/t12-,14?,22?/m1/s1. The van der Waals surface area contributed by atoms with Crippen LogP contribution in [0.2, 0.25) is 5.15 Å². The predicted molar refractivity (Wildman–Crippen MR) is 124 cm³/mol. The van der Waals surface area contributed by atoms with Gasteiger partial charge in [0.05, 0.1) is 29.8 Å². The van der Waals surface area contributed by atoms with Gasteiger partial charge < -0.3 is 15.2 Å². The quantitative estimate of drug-likeness (QED) is 0.434. The molecule has 0 spiro atoms. The molecule has 1 aliphatic carbocycles. The molecule has 0 aromatic carbocycles. The maximum absolute atomic E-state index is 12.5. The molecule has 3 N–H and O–H groups in total. The molecule has 3 aromatic heterocycles. The lowest BCUT2D eigenvalue weighted by Gasteiger charge is -2.37. The maximum Gasteiger partial charge on any atom is 0.413 e. The van der Waals surface area contributed by atoms with Crippen LogP contribution in [0.4, 0.5) is 16.3 Å².